The van der Waals surface area contributed by atoms with Crippen LogP contribution in [0.15, 0.2) is 60.0 Å². The number of amides is 2. The summed E-state index contributed by atoms with van der Waals surface area (Å²) in [6, 6.07) is 17.8. The van der Waals surface area contributed by atoms with E-state index in [9.17, 15) is 9.59 Å². The predicted molar refractivity (Wildman–Crippen MR) is 144 cm³/mol. The maximum Gasteiger partial charge on any atom is 0.254 e. The number of aryl methyl sites for hydroxylation is 2. The first-order chi connectivity index (χ1) is 17.5. The maximum absolute atomic E-state index is 14.3. The van der Waals surface area contributed by atoms with E-state index in [1.807, 2.05) is 51.6 Å². The van der Waals surface area contributed by atoms with Crippen molar-refractivity contribution in [3.8, 4) is 0 Å². The van der Waals surface area contributed by atoms with Crippen molar-refractivity contribution < 1.29 is 14.3 Å². The van der Waals surface area contributed by atoms with Crippen molar-refractivity contribution >= 4 is 28.8 Å². The van der Waals surface area contributed by atoms with Crippen molar-refractivity contribution in [3.05, 3.63) is 87.1 Å². The molecule has 2 unspecified atom stereocenters. The Labute approximate surface area is 217 Å². The minimum absolute atomic E-state index is 0.0372. The number of rotatable bonds is 6. The van der Waals surface area contributed by atoms with Crippen LogP contribution >= 0.6 is 11.3 Å². The molecule has 36 heavy (non-hydrogen) atoms. The monoisotopic (exact) mass is 503 g/mol. The van der Waals surface area contributed by atoms with Gasteiger partial charge in [0.2, 0.25) is 5.91 Å². The molecule has 2 aromatic carbocycles. The van der Waals surface area contributed by atoms with E-state index in [4.69, 9.17) is 4.74 Å². The van der Waals surface area contributed by atoms with Crippen LogP contribution in [0.3, 0.4) is 0 Å². The van der Waals surface area contributed by atoms with Crippen LogP contribution in [0.25, 0.3) is 0 Å². The standard InChI is InChI=1S/C29H33N3O3S/c1-20-10-11-21(2)24(19-20)30-12-14-31(15-13-30)29(34)26-22-7-4-5-8-23(22)28(33)32(16-17-35-3)27(26)25-9-6-18-36-25/h4-11,18-19,26-27H,12-17H2,1-3H3. The topological polar surface area (TPSA) is 53.1 Å². The van der Waals surface area contributed by atoms with Crippen molar-refractivity contribution in [3.63, 3.8) is 0 Å². The third-order valence-electron chi connectivity index (χ3n) is 7.37. The Kier molecular flexibility index (Phi) is 7.12. The molecule has 0 aliphatic carbocycles. The first-order valence-electron chi connectivity index (χ1n) is 12.5. The van der Waals surface area contributed by atoms with Gasteiger partial charge in [-0.2, -0.15) is 0 Å². The zero-order chi connectivity index (χ0) is 25.2. The fraction of sp³-hybridized carbons (Fsp3) is 0.379. The molecule has 3 heterocycles. The van der Waals surface area contributed by atoms with Gasteiger partial charge in [-0.05, 0) is 54.1 Å². The van der Waals surface area contributed by atoms with Gasteiger partial charge < -0.3 is 19.4 Å². The molecule has 1 saturated heterocycles. The van der Waals surface area contributed by atoms with Crippen LogP contribution in [0.5, 0.6) is 0 Å². The van der Waals surface area contributed by atoms with Crippen molar-refractivity contribution in [2.24, 2.45) is 0 Å². The Morgan fingerprint density at radius 2 is 1.81 bits per heavy atom. The number of benzene rings is 2. The van der Waals surface area contributed by atoms with Crippen LogP contribution in [0.2, 0.25) is 0 Å². The second-order valence-corrected chi connectivity index (χ2v) is 10.6. The SMILES string of the molecule is COCCN1C(=O)c2ccccc2C(C(=O)N2CCN(c3cc(C)ccc3C)CC2)C1c1cccs1. The Bertz CT molecular complexity index is 1230. The molecule has 0 N–H and O–H groups in total. The molecule has 5 rings (SSSR count). The van der Waals surface area contributed by atoms with Gasteiger partial charge in [0.05, 0.1) is 18.6 Å². The Balaban J connectivity index is 1.46. The number of carbonyl (C=O) groups is 2. The normalized spacial score (nSPS) is 20.0. The average Bonchev–Trinajstić information content (AvgIpc) is 3.44. The Morgan fingerprint density at radius 3 is 2.53 bits per heavy atom. The van der Waals surface area contributed by atoms with Gasteiger partial charge in [0.25, 0.3) is 5.91 Å². The third kappa shape index (κ3) is 4.53. The Morgan fingerprint density at radius 1 is 1.03 bits per heavy atom. The highest BCUT2D eigenvalue weighted by molar-refractivity contribution is 7.10. The minimum Gasteiger partial charge on any atom is -0.383 e. The summed E-state index contributed by atoms with van der Waals surface area (Å²) < 4.78 is 5.34. The minimum atomic E-state index is -0.443. The van der Waals surface area contributed by atoms with Crippen LogP contribution < -0.4 is 4.90 Å². The molecule has 1 fully saturated rings. The molecular weight excluding hydrogens is 470 g/mol. The summed E-state index contributed by atoms with van der Waals surface area (Å²) in [5.74, 6) is -0.386. The highest BCUT2D eigenvalue weighted by atomic mass is 32.1. The highest BCUT2D eigenvalue weighted by Crippen LogP contribution is 2.45. The average molecular weight is 504 g/mol. The molecule has 2 amide bonds. The fourth-order valence-corrected chi connectivity index (χ4v) is 6.37. The zero-order valence-corrected chi connectivity index (χ0v) is 22.0. The molecule has 2 aliphatic heterocycles. The molecule has 0 saturated carbocycles. The maximum atomic E-state index is 14.3. The van der Waals surface area contributed by atoms with Crippen molar-refractivity contribution in [2.45, 2.75) is 25.8 Å². The second kappa shape index (κ2) is 10.4. The van der Waals surface area contributed by atoms with Gasteiger partial charge in [-0.15, -0.1) is 11.3 Å². The van der Waals surface area contributed by atoms with Crippen LogP contribution in [0.1, 0.15) is 43.9 Å². The van der Waals surface area contributed by atoms with Crippen molar-refractivity contribution in [1.82, 2.24) is 9.80 Å². The van der Waals surface area contributed by atoms with Crippen LogP contribution in [0.4, 0.5) is 5.69 Å². The molecule has 0 radical (unpaired) electrons. The molecule has 188 valence electrons. The summed E-state index contributed by atoms with van der Waals surface area (Å²) >= 11 is 1.60. The molecule has 7 heteroatoms. The lowest BCUT2D eigenvalue weighted by Gasteiger charge is -2.44. The van der Waals surface area contributed by atoms with E-state index in [0.29, 0.717) is 31.8 Å². The number of thiophene rings is 1. The number of hydrogen-bond acceptors (Lipinski definition) is 5. The second-order valence-electron chi connectivity index (χ2n) is 9.62. The Hall–Kier alpha value is -3.16. The molecule has 6 nitrogen and oxygen atoms in total. The number of anilines is 1. The lowest BCUT2D eigenvalue weighted by atomic mass is 9.81. The summed E-state index contributed by atoms with van der Waals surface area (Å²) in [6.45, 7) is 8.03. The third-order valence-corrected chi connectivity index (χ3v) is 8.32. The quantitative estimate of drug-likeness (QED) is 0.492. The predicted octanol–water partition coefficient (Wildman–Crippen LogP) is 4.64. The van der Waals surface area contributed by atoms with E-state index in [2.05, 4.69) is 36.9 Å². The van der Waals surface area contributed by atoms with Gasteiger partial charge in [-0.3, -0.25) is 9.59 Å². The van der Waals surface area contributed by atoms with E-state index >= 15 is 0 Å². The highest BCUT2D eigenvalue weighted by Gasteiger charge is 2.46. The van der Waals surface area contributed by atoms with Gasteiger partial charge in [-0.1, -0.05) is 36.4 Å². The lowest BCUT2D eigenvalue weighted by Crippen LogP contribution is -2.53. The van der Waals surface area contributed by atoms with Gasteiger partial charge in [0.1, 0.15) is 0 Å². The van der Waals surface area contributed by atoms with Crippen LogP contribution in [-0.2, 0) is 9.53 Å². The molecule has 0 spiro atoms. The van der Waals surface area contributed by atoms with E-state index in [1.54, 1.807) is 18.4 Å². The first kappa shape index (κ1) is 24.5. The number of hydrogen-bond donors (Lipinski definition) is 0. The molecule has 1 aromatic heterocycles. The number of carbonyl (C=O) groups excluding carboxylic acids is 2. The van der Waals surface area contributed by atoms with E-state index in [1.165, 1.54) is 16.8 Å². The number of ether oxygens (including phenoxy) is 1. The van der Waals surface area contributed by atoms with Gasteiger partial charge >= 0.3 is 0 Å². The van der Waals surface area contributed by atoms with E-state index in [-0.39, 0.29) is 17.9 Å². The van der Waals surface area contributed by atoms with Crippen molar-refractivity contribution in [1.29, 1.82) is 0 Å². The summed E-state index contributed by atoms with van der Waals surface area (Å²) in [5, 5.41) is 2.01. The van der Waals surface area contributed by atoms with Gasteiger partial charge in [-0.25, -0.2) is 0 Å². The van der Waals surface area contributed by atoms with Gasteiger partial charge in [0, 0.05) is 56.0 Å². The number of methoxy groups -OCH3 is 1. The lowest BCUT2D eigenvalue weighted by molar-refractivity contribution is -0.135. The first-order valence-corrected chi connectivity index (χ1v) is 13.4. The largest absolute Gasteiger partial charge is 0.383 e. The van der Waals surface area contributed by atoms with Crippen LogP contribution in [0, 0.1) is 13.8 Å². The molecule has 2 aliphatic rings. The van der Waals surface area contributed by atoms with Crippen LogP contribution in [-0.4, -0.2) is 68.1 Å². The zero-order valence-electron chi connectivity index (χ0n) is 21.1. The molecule has 2 atom stereocenters. The van der Waals surface area contributed by atoms with Crippen molar-refractivity contribution in [2.75, 3.05) is 51.3 Å². The fourth-order valence-electron chi connectivity index (χ4n) is 5.49. The summed E-state index contributed by atoms with van der Waals surface area (Å²) in [4.78, 5) is 35.1. The summed E-state index contributed by atoms with van der Waals surface area (Å²) in [5.41, 5.74) is 5.20. The number of piperazine rings is 1. The van der Waals surface area contributed by atoms with E-state index in [0.717, 1.165) is 23.5 Å². The number of nitrogens with zero attached hydrogens (tertiary/aromatic N) is 3. The molecular formula is C29H33N3O3S. The molecule has 0 bridgehead atoms. The van der Waals surface area contributed by atoms with E-state index < -0.39 is 5.92 Å². The smallest absolute Gasteiger partial charge is 0.254 e. The summed E-state index contributed by atoms with van der Waals surface area (Å²) in [6.07, 6.45) is 0. The summed E-state index contributed by atoms with van der Waals surface area (Å²) in [7, 11) is 1.64. The molecule has 3 aromatic rings. The van der Waals surface area contributed by atoms with Gasteiger partial charge in [0.15, 0.2) is 0 Å². The number of fused-ring (bicyclic) bond motifs is 1.